The Bertz CT molecular complexity index is 746. The number of hydrogen-bond donors (Lipinski definition) is 1. The molecule has 3 nitrogen and oxygen atoms in total. The smallest absolute Gasteiger partial charge is 0.149 e. The van der Waals surface area contributed by atoms with E-state index in [1.807, 2.05) is 30.3 Å². The number of nitrogens with zero attached hydrogens (tertiary/aromatic N) is 2. The van der Waals surface area contributed by atoms with Crippen molar-refractivity contribution in [1.82, 2.24) is 9.97 Å². The lowest BCUT2D eigenvalue weighted by atomic mass is 10.2. The van der Waals surface area contributed by atoms with Gasteiger partial charge in [-0.3, -0.25) is 4.98 Å². The van der Waals surface area contributed by atoms with Crippen molar-refractivity contribution in [2.45, 2.75) is 0 Å². The van der Waals surface area contributed by atoms with Gasteiger partial charge in [-0.1, -0.05) is 29.8 Å². The second-order valence-corrected chi connectivity index (χ2v) is 5.35. The van der Waals surface area contributed by atoms with Crippen LogP contribution in [0.3, 0.4) is 0 Å². The van der Waals surface area contributed by atoms with Crippen molar-refractivity contribution < 1.29 is 0 Å². The first-order valence-corrected chi connectivity index (χ1v) is 6.82. The van der Waals surface area contributed by atoms with Crippen molar-refractivity contribution in [3.05, 3.63) is 58.3 Å². The van der Waals surface area contributed by atoms with Gasteiger partial charge in [-0.15, -0.1) is 0 Å². The number of para-hydroxylation sites is 1. The normalized spacial score (nSPS) is 10.6. The van der Waals surface area contributed by atoms with Gasteiger partial charge < -0.3 is 5.32 Å². The van der Waals surface area contributed by atoms with Crippen LogP contribution < -0.4 is 5.32 Å². The van der Waals surface area contributed by atoms with E-state index in [9.17, 15) is 0 Å². The molecule has 2 heterocycles. The molecule has 1 N–H and O–H groups in total. The number of rotatable bonds is 2. The van der Waals surface area contributed by atoms with E-state index in [1.54, 1.807) is 18.5 Å². The number of fused-ring (bicyclic) bond motifs is 1. The van der Waals surface area contributed by atoms with Crippen LogP contribution in [-0.4, -0.2) is 9.97 Å². The molecule has 5 heteroatoms. The zero-order valence-electron chi connectivity index (χ0n) is 9.77. The van der Waals surface area contributed by atoms with E-state index in [-0.39, 0.29) is 0 Å². The number of hydrogen-bond acceptors (Lipinski definition) is 3. The minimum absolute atomic E-state index is 0.558. The fourth-order valence-corrected chi connectivity index (χ4v) is 2.46. The van der Waals surface area contributed by atoms with Gasteiger partial charge in [0, 0.05) is 16.1 Å². The third kappa shape index (κ3) is 2.69. The van der Waals surface area contributed by atoms with Crippen LogP contribution in [-0.2, 0) is 0 Å². The van der Waals surface area contributed by atoms with E-state index >= 15 is 0 Å². The summed E-state index contributed by atoms with van der Waals surface area (Å²) in [4.78, 5) is 8.62. The highest BCUT2D eigenvalue weighted by atomic mass is 79.9. The Labute approximate surface area is 123 Å². The highest BCUT2D eigenvalue weighted by Crippen LogP contribution is 2.26. The van der Waals surface area contributed by atoms with Gasteiger partial charge in [0.25, 0.3) is 0 Å². The molecule has 3 aromatic rings. The molecule has 0 spiro atoms. The molecule has 0 atom stereocenters. The molecule has 0 radical (unpaired) electrons. The summed E-state index contributed by atoms with van der Waals surface area (Å²) >= 11 is 9.45. The van der Waals surface area contributed by atoms with Crippen LogP contribution in [0.4, 0.5) is 11.5 Å². The van der Waals surface area contributed by atoms with E-state index in [0.717, 1.165) is 21.1 Å². The number of benzene rings is 1. The molecule has 19 heavy (non-hydrogen) atoms. The zero-order valence-corrected chi connectivity index (χ0v) is 12.1. The van der Waals surface area contributed by atoms with Crippen LogP contribution in [0.2, 0.25) is 5.02 Å². The molecular formula is C14H9BrClN3. The first kappa shape index (κ1) is 12.4. The molecule has 2 aromatic heterocycles. The second kappa shape index (κ2) is 5.15. The number of pyridine rings is 2. The highest BCUT2D eigenvalue weighted by Gasteiger charge is 2.04. The van der Waals surface area contributed by atoms with E-state index in [0.29, 0.717) is 10.8 Å². The Morgan fingerprint density at radius 3 is 2.74 bits per heavy atom. The van der Waals surface area contributed by atoms with Crippen LogP contribution in [0, 0.1) is 0 Å². The minimum Gasteiger partial charge on any atom is -0.338 e. The zero-order chi connectivity index (χ0) is 13.2. The summed E-state index contributed by atoms with van der Waals surface area (Å²) in [7, 11) is 0. The maximum atomic E-state index is 6.12. The Morgan fingerprint density at radius 2 is 1.89 bits per heavy atom. The molecule has 0 aliphatic carbocycles. The van der Waals surface area contributed by atoms with Crippen molar-refractivity contribution >= 4 is 49.9 Å². The Kier molecular flexibility index (Phi) is 3.36. The van der Waals surface area contributed by atoms with Crippen LogP contribution in [0.15, 0.2) is 53.3 Å². The van der Waals surface area contributed by atoms with Gasteiger partial charge in [-0.25, -0.2) is 4.98 Å². The highest BCUT2D eigenvalue weighted by molar-refractivity contribution is 9.10. The number of halogens is 2. The fraction of sp³-hybridized carbons (Fsp3) is 0. The van der Waals surface area contributed by atoms with Gasteiger partial charge in [-0.2, -0.15) is 0 Å². The average molecular weight is 335 g/mol. The van der Waals surface area contributed by atoms with Gasteiger partial charge in [0.2, 0.25) is 0 Å². The lowest BCUT2D eigenvalue weighted by Gasteiger charge is -2.08. The lowest BCUT2D eigenvalue weighted by molar-refractivity contribution is 1.28. The van der Waals surface area contributed by atoms with Gasteiger partial charge in [0.1, 0.15) is 5.82 Å². The molecule has 0 unspecified atom stereocenters. The Morgan fingerprint density at radius 1 is 1.05 bits per heavy atom. The van der Waals surface area contributed by atoms with Crippen LogP contribution >= 0.6 is 27.5 Å². The van der Waals surface area contributed by atoms with Crippen molar-refractivity contribution in [2.24, 2.45) is 0 Å². The molecule has 94 valence electrons. The fourth-order valence-electron chi connectivity index (χ4n) is 1.78. The predicted octanol–water partition coefficient (Wildman–Crippen LogP) is 4.79. The van der Waals surface area contributed by atoms with Gasteiger partial charge in [0.05, 0.1) is 22.4 Å². The molecule has 0 aliphatic rings. The molecule has 3 rings (SSSR count). The second-order valence-electron chi connectivity index (χ2n) is 4.03. The van der Waals surface area contributed by atoms with Gasteiger partial charge in [-0.05, 0) is 34.1 Å². The summed E-state index contributed by atoms with van der Waals surface area (Å²) < 4.78 is 0.847. The summed E-state index contributed by atoms with van der Waals surface area (Å²) in [6, 6.07) is 11.8. The first-order valence-electron chi connectivity index (χ1n) is 5.65. The van der Waals surface area contributed by atoms with E-state index in [4.69, 9.17) is 11.6 Å². The summed E-state index contributed by atoms with van der Waals surface area (Å²) in [6.07, 6.45) is 3.46. The summed E-state index contributed by atoms with van der Waals surface area (Å²) in [5.74, 6) is 0.613. The van der Waals surface area contributed by atoms with Crippen molar-refractivity contribution in [3.8, 4) is 0 Å². The SMILES string of the molecule is Clc1cc(Br)cnc1Nc1cnc2ccccc2c1. The van der Waals surface area contributed by atoms with Crippen LogP contribution in [0.25, 0.3) is 10.9 Å². The lowest BCUT2D eigenvalue weighted by Crippen LogP contribution is -1.95. The number of aromatic nitrogens is 2. The van der Waals surface area contributed by atoms with Crippen LogP contribution in [0.5, 0.6) is 0 Å². The molecule has 0 saturated heterocycles. The van der Waals surface area contributed by atoms with E-state index < -0.39 is 0 Å². The van der Waals surface area contributed by atoms with Gasteiger partial charge >= 0.3 is 0 Å². The minimum atomic E-state index is 0.558. The topological polar surface area (TPSA) is 37.8 Å². The third-order valence-corrected chi connectivity index (χ3v) is 3.38. The molecule has 0 fully saturated rings. The largest absolute Gasteiger partial charge is 0.338 e. The monoisotopic (exact) mass is 333 g/mol. The number of nitrogens with one attached hydrogen (secondary N) is 1. The van der Waals surface area contributed by atoms with Gasteiger partial charge in [0.15, 0.2) is 0 Å². The van der Waals surface area contributed by atoms with Crippen molar-refractivity contribution in [2.75, 3.05) is 5.32 Å². The summed E-state index contributed by atoms with van der Waals surface area (Å²) in [5.41, 5.74) is 1.82. The molecule has 0 amide bonds. The average Bonchev–Trinajstić information content (AvgIpc) is 2.42. The third-order valence-electron chi connectivity index (χ3n) is 2.66. The maximum Gasteiger partial charge on any atom is 0.149 e. The standard InChI is InChI=1S/C14H9BrClN3/c15-10-6-12(16)14(18-7-10)19-11-5-9-3-1-2-4-13(9)17-8-11/h1-8H,(H,18,19). The summed E-state index contributed by atoms with van der Waals surface area (Å²) in [5, 5.41) is 4.79. The quantitative estimate of drug-likeness (QED) is 0.732. The maximum absolute atomic E-state index is 6.12. The first-order chi connectivity index (χ1) is 9.22. The van der Waals surface area contributed by atoms with E-state index in [2.05, 4.69) is 31.2 Å². The van der Waals surface area contributed by atoms with Crippen molar-refractivity contribution in [3.63, 3.8) is 0 Å². The predicted molar refractivity (Wildman–Crippen MR) is 82.0 cm³/mol. The Balaban J connectivity index is 1.96. The Hall–Kier alpha value is -1.65. The van der Waals surface area contributed by atoms with Crippen molar-refractivity contribution in [1.29, 1.82) is 0 Å². The van der Waals surface area contributed by atoms with E-state index in [1.165, 1.54) is 0 Å². The molecule has 0 saturated carbocycles. The summed E-state index contributed by atoms with van der Waals surface area (Å²) in [6.45, 7) is 0. The number of anilines is 2. The molecule has 0 bridgehead atoms. The molecule has 0 aliphatic heterocycles. The molecule has 1 aromatic carbocycles. The molecular weight excluding hydrogens is 326 g/mol. The van der Waals surface area contributed by atoms with Crippen LogP contribution in [0.1, 0.15) is 0 Å².